The first-order chi connectivity index (χ1) is 13.1. The van der Waals surface area contributed by atoms with Gasteiger partial charge in [-0.25, -0.2) is 4.98 Å². The maximum absolute atomic E-state index is 12.5. The summed E-state index contributed by atoms with van der Waals surface area (Å²) in [4.78, 5) is 30.1. The van der Waals surface area contributed by atoms with Crippen LogP contribution in [0.3, 0.4) is 0 Å². The molecule has 0 radical (unpaired) electrons. The predicted octanol–water partition coefficient (Wildman–Crippen LogP) is 2.72. The lowest BCUT2D eigenvalue weighted by molar-refractivity contribution is -0.114. The van der Waals surface area contributed by atoms with Crippen LogP contribution < -0.4 is 15.4 Å². The zero-order valence-corrected chi connectivity index (χ0v) is 15.9. The fraction of sp³-hybridized carbons (Fsp3) is 0.421. The Hall–Kier alpha value is -2.45. The Morgan fingerprint density at radius 3 is 2.59 bits per heavy atom. The second-order valence-corrected chi connectivity index (χ2v) is 8.01. The molecule has 2 N–H and O–H groups in total. The molecule has 3 aliphatic heterocycles. The quantitative estimate of drug-likeness (QED) is 0.826. The number of hydrogen-bond donors (Lipinski definition) is 2. The fourth-order valence-corrected chi connectivity index (χ4v) is 4.42. The molecule has 0 spiro atoms. The van der Waals surface area contributed by atoms with Gasteiger partial charge >= 0.3 is 0 Å². The Morgan fingerprint density at radius 1 is 1.22 bits per heavy atom. The van der Waals surface area contributed by atoms with E-state index in [0.29, 0.717) is 27.4 Å². The molecule has 142 valence electrons. The summed E-state index contributed by atoms with van der Waals surface area (Å²) in [5.41, 5.74) is 0.622. The van der Waals surface area contributed by atoms with Crippen molar-refractivity contribution in [2.75, 3.05) is 25.0 Å². The van der Waals surface area contributed by atoms with Gasteiger partial charge in [-0.1, -0.05) is 11.3 Å². The number of aromatic nitrogens is 1. The van der Waals surface area contributed by atoms with Gasteiger partial charge in [-0.15, -0.1) is 0 Å². The van der Waals surface area contributed by atoms with Gasteiger partial charge in [0.15, 0.2) is 0 Å². The topological polar surface area (TPSA) is 83.6 Å². The van der Waals surface area contributed by atoms with Crippen LogP contribution in [-0.4, -0.2) is 47.4 Å². The van der Waals surface area contributed by atoms with Crippen LogP contribution >= 0.6 is 11.3 Å². The highest BCUT2D eigenvalue weighted by molar-refractivity contribution is 7.17. The van der Waals surface area contributed by atoms with Crippen molar-refractivity contribution in [3.63, 3.8) is 0 Å². The number of ether oxygens (including phenoxy) is 1. The van der Waals surface area contributed by atoms with E-state index in [-0.39, 0.29) is 17.9 Å². The molecule has 5 rings (SSSR count). The lowest BCUT2D eigenvalue weighted by atomic mass is 9.84. The number of carbonyl (C=O) groups excluding carboxylic acids is 2. The monoisotopic (exact) mass is 386 g/mol. The van der Waals surface area contributed by atoms with Gasteiger partial charge in [0, 0.05) is 25.1 Å². The average molecular weight is 386 g/mol. The number of thiazole rings is 1. The number of nitrogens with zero attached hydrogens (tertiary/aromatic N) is 2. The number of benzene rings is 1. The molecule has 2 bridgehead atoms. The normalized spacial score (nSPS) is 23.7. The number of piperidine rings is 3. The summed E-state index contributed by atoms with van der Waals surface area (Å²) in [6, 6.07) is 7.27. The van der Waals surface area contributed by atoms with Gasteiger partial charge in [0.05, 0.1) is 6.20 Å². The van der Waals surface area contributed by atoms with Crippen LogP contribution in [-0.2, 0) is 4.79 Å². The molecule has 3 aliphatic rings. The third-order valence-corrected chi connectivity index (χ3v) is 5.87. The maximum atomic E-state index is 12.5. The standard InChI is InChI=1S/C19H22N4O3S/c1-12(24)21-17-10-20-19(27-17)26-15-4-2-14(3-5-15)18(25)22-16-11-23-8-6-13(16)7-9-23/h2-5,10,13,16H,6-9,11H2,1H3,(H,21,24)(H,22,25). The predicted molar refractivity (Wildman–Crippen MR) is 103 cm³/mol. The summed E-state index contributed by atoms with van der Waals surface area (Å²) in [6.45, 7) is 4.71. The third kappa shape index (κ3) is 4.28. The fourth-order valence-electron chi connectivity index (χ4n) is 3.69. The molecule has 1 aromatic carbocycles. The van der Waals surface area contributed by atoms with Crippen LogP contribution in [0.2, 0.25) is 0 Å². The van der Waals surface area contributed by atoms with Crippen molar-refractivity contribution in [2.24, 2.45) is 5.92 Å². The molecule has 0 saturated carbocycles. The van der Waals surface area contributed by atoms with E-state index in [0.717, 1.165) is 19.6 Å². The average Bonchev–Trinajstić information content (AvgIpc) is 3.09. The Kier molecular flexibility index (Phi) is 5.09. The second kappa shape index (κ2) is 7.66. The first kappa shape index (κ1) is 17.9. The van der Waals surface area contributed by atoms with Crippen molar-refractivity contribution in [1.29, 1.82) is 0 Å². The van der Waals surface area contributed by atoms with E-state index < -0.39 is 0 Å². The van der Waals surface area contributed by atoms with E-state index in [1.807, 2.05) is 0 Å². The lowest BCUT2D eigenvalue weighted by Gasteiger charge is -2.44. The number of hydrogen-bond acceptors (Lipinski definition) is 6. The molecule has 1 atom stereocenters. The first-order valence-corrected chi connectivity index (χ1v) is 9.93. The van der Waals surface area contributed by atoms with Crippen molar-refractivity contribution >= 4 is 28.2 Å². The highest BCUT2D eigenvalue weighted by Crippen LogP contribution is 2.30. The number of fused-ring (bicyclic) bond motifs is 3. The molecule has 27 heavy (non-hydrogen) atoms. The third-order valence-electron chi connectivity index (χ3n) is 5.08. The molecule has 8 heteroatoms. The smallest absolute Gasteiger partial charge is 0.280 e. The minimum Gasteiger partial charge on any atom is -0.431 e. The van der Waals surface area contributed by atoms with Gasteiger partial charge in [0.2, 0.25) is 5.91 Å². The molecule has 7 nitrogen and oxygen atoms in total. The Morgan fingerprint density at radius 2 is 1.96 bits per heavy atom. The van der Waals surface area contributed by atoms with Crippen molar-refractivity contribution in [3.05, 3.63) is 36.0 Å². The summed E-state index contributed by atoms with van der Waals surface area (Å²) in [7, 11) is 0. The van der Waals surface area contributed by atoms with Crippen LogP contribution in [0.5, 0.6) is 10.9 Å². The maximum Gasteiger partial charge on any atom is 0.280 e. The molecular weight excluding hydrogens is 364 g/mol. The molecule has 2 aromatic rings. The van der Waals surface area contributed by atoms with E-state index in [1.54, 1.807) is 30.5 Å². The van der Waals surface area contributed by atoms with Crippen molar-refractivity contribution in [3.8, 4) is 10.9 Å². The molecular formula is C19H22N4O3S. The summed E-state index contributed by atoms with van der Waals surface area (Å²) in [5.74, 6) is 1.01. The molecule has 3 fully saturated rings. The summed E-state index contributed by atoms with van der Waals surface area (Å²) in [5, 5.41) is 6.92. The highest BCUT2D eigenvalue weighted by atomic mass is 32.1. The van der Waals surface area contributed by atoms with Crippen LogP contribution in [0.1, 0.15) is 30.1 Å². The Bertz CT molecular complexity index is 828. The van der Waals surface area contributed by atoms with Gasteiger partial charge in [-0.05, 0) is 56.1 Å². The number of rotatable bonds is 5. The van der Waals surface area contributed by atoms with Crippen molar-refractivity contribution in [2.45, 2.75) is 25.8 Å². The summed E-state index contributed by atoms with van der Waals surface area (Å²) >= 11 is 1.25. The minimum absolute atomic E-state index is 0.0394. The Labute approximate surface area is 161 Å². The lowest BCUT2D eigenvalue weighted by Crippen LogP contribution is -2.57. The second-order valence-electron chi connectivity index (χ2n) is 7.02. The molecule has 3 saturated heterocycles. The van der Waals surface area contributed by atoms with Crippen LogP contribution in [0.4, 0.5) is 5.00 Å². The van der Waals surface area contributed by atoms with E-state index in [9.17, 15) is 9.59 Å². The van der Waals surface area contributed by atoms with Crippen molar-refractivity contribution in [1.82, 2.24) is 15.2 Å². The molecule has 0 aliphatic carbocycles. The SMILES string of the molecule is CC(=O)Nc1cnc(Oc2ccc(C(=O)NC3CN4CCC3CC4)cc2)s1. The Balaban J connectivity index is 1.35. The summed E-state index contributed by atoms with van der Waals surface area (Å²) < 4.78 is 5.68. The molecule has 4 heterocycles. The minimum atomic E-state index is -0.149. The largest absolute Gasteiger partial charge is 0.431 e. The number of amides is 2. The van der Waals surface area contributed by atoms with Crippen LogP contribution in [0.25, 0.3) is 0 Å². The molecule has 2 amide bonds. The number of anilines is 1. The van der Waals surface area contributed by atoms with Gasteiger partial charge < -0.3 is 20.3 Å². The zero-order chi connectivity index (χ0) is 18.8. The number of carbonyl (C=O) groups is 2. The first-order valence-electron chi connectivity index (χ1n) is 9.11. The van der Waals surface area contributed by atoms with Crippen molar-refractivity contribution < 1.29 is 14.3 Å². The number of nitrogens with one attached hydrogen (secondary N) is 2. The molecule has 1 aromatic heterocycles. The van der Waals surface area contributed by atoms with Gasteiger partial charge in [-0.2, -0.15) is 0 Å². The highest BCUT2D eigenvalue weighted by Gasteiger charge is 2.34. The van der Waals surface area contributed by atoms with Crippen LogP contribution in [0, 0.1) is 5.92 Å². The summed E-state index contributed by atoms with van der Waals surface area (Å²) in [6.07, 6.45) is 3.90. The van der Waals surface area contributed by atoms with E-state index in [4.69, 9.17) is 4.74 Å². The van der Waals surface area contributed by atoms with Gasteiger partial charge in [0.25, 0.3) is 11.1 Å². The van der Waals surface area contributed by atoms with E-state index >= 15 is 0 Å². The van der Waals surface area contributed by atoms with E-state index in [2.05, 4.69) is 20.5 Å². The van der Waals surface area contributed by atoms with E-state index in [1.165, 1.54) is 31.1 Å². The van der Waals surface area contributed by atoms with Crippen LogP contribution in [0.15, 0.2) is 30.5 Å². The van der Waals surface area contributed by atoms with Gasteiger partial charge in [0.1, 0.15) is 10.8 Å². The van der Waals surface area contributed by atoms with Gasteiger partial charge in [-0.3, -0.25) is 9.59 Å². The zero-order valence-electron chi connectivity index (χ0n) is 15.1. The molecule has 1 unspecified atom stereocenters.